The molecule has 0 saturated heterocycles. The molecule has 0 spiro atoms. The van der Waals surface area contributed by atoms with E-state index in [-0.39, 0.29) is 11.9 Å². The molecule has 84 valence electrons. The van der Waals surface area contributed by atoms with Gasteiger partial charge in [0, 0.05) is 11.2 Å². The highest BCUT2D eigenvalue weighted by Gasteiger charge is 2.25. The van der Waals surface area contributed by atoms with Gasteiger partial charge < -0.3 is 4.52 Å². The van der Waals surface area contributed by atoms with E-state index >= 15 is 0 Å². The van der Waals surface area contributed by atoms with Crippen LogP contribution in [0.25, 0.3) is 0 Å². The van der Waals surface area contributed by atoms with E-state index in [0.717, 1.165) is 0 Å². The third kappa shape index (κ3) is 4.43. The van der Waals surface area contributed by atoms with E-state index in [1.54, 1.807) is 38.1 Å². The molecule has 0 aliphatic carbocycles. The first-order chi connectivity index (χ1) is 6.91. The molecule has 0 heterocycles. The number of benzene rings is 1. The zero-order valence-corrected chi connectivity index (χ0v) is 10.7. The third-order valence-corrected chi connectivity index (χ3v) is 3.23. The van der Waals surface area contributed by atoms with Gasteiger partial charge in [0.2, 0.25) is 0 Å². The van der Waals surface area contributed by atoms with Crippen molar-refractivity contribution in [3.63, 3.8) is 0 Å². The molecule has 0 N–H and O–H groups in total. The first kappa shape index (κ1) is 12.9. The lowest BCUT2D eigenvalue weighted by Gasteiger charge is -2.15. The number of halogens is 2. The van der Waals surface area contributed by atoms with Gasteiger partial charge in [-0.2, -0.15) is 0 Å². The molecule has 0 radical (unpaired) electrons. The van der Waals surface area contributed by atoms with Crippen LogP contribution in [0, 0.1) is 0 Å². The molecule has 1 aromatic carbocycles. The summed E-state index contributed by atoms with van der Waals surface area (Å²) in [7, 11) is 0. The van der Waals surface area contributed by atoms with Gasteiger partial charge in [0.15, 0.2) is 0 Å². The Morgan fingerprint density at radius 3 is 2.47 bits per heavy atom. The second-order valence-electron chi connectivity index (χ2n) is 3.11. The largest absolute Gasteiger partial charge is 0.477 e. The molecule has 0 aromatic heterocycles. The van der Waals surface area contributed by atoms with Gasteiger partial charge in [-0.25, -0.2) is 4.57 Å². The van der Waals surface area contributed by atoms with Crippen LogP contribution < -0.4 is 4.52 Å². The Kier molecular flexibility index (Phi) is 4.47. The van der Waals surface area contributed by atoms with E-state index < -0.39 is 6.95 Å². The van der Waals surface area contributed by atoms with Gasteiger partial charge in [0.25, 0.3) is 0 Å². The average molecular weight is 269 g/mol. The molecule has 0 amide bonds. The fraction of sp³-hybridized carbons (Fsp3) is 0.333. The maximum absolute atomic E-state index is 11.6. The third-order valence-electron chi connectivity index (χ3n) is 1.38. The highest BCUT2D eigenvalue weighted by Crippen LogP contribution is 2.55. The van der Waals surface area contributed by atoms with E-state index in [2.05, 4.69) is 0 Å². The molecule has 0 saturated carbocycles. The Hall–Kier alpha value is -0.210. The van der Waals surface area contributed by atoms with Crippen molar-refractivity contribution in [3.8, 4) is 5.75 Å². The van der Waals surface area contributed by atoms with E-state index in [1.165, 1.54) is 0 Å². The quantitative estimate of drug-likeness (QED) is 0.755. The predicted octanol–water partition coefficient (Wildman–Crippen LogP) is 4.49. The van der Waals surface area contributed by atoms with Gasteiger partial charge in [0.05, 0.1) is 11.1 Å². The van der Waals surface area contributed by atoms with Crippen LogP contribution in [0.4, 0.5) is 0 Å². The van der Waals surface area contributed by atoms with E-state index in [4.69, 9.17) is 31.9 Å². The van der Waals surface area contributed by atoms with Crippen molar-refractivity contribution >= 4 is 29.8 Å². The minimum absolute atomic E-state index is 0.248. The minimum atomic E-state index is -3.61. The van der Waals surface area contributed by atoms with Crippen molar-refractivity contribution < 1.29 is 13.6 Å². The topological polar surface area (TPSA) is 35.5 Å². The van der Waals surface area contributed by atoms with Crippen molar-refractivity contribution in [1.82, 2.24) is 0 Å². The summed E-state index contributed by atoms with van der Waals surface area (Å²) in [6.45, 7) is -0.183. The van der Waals surface area contributed by atoms with E-state index in [9.17, 15) is 4.57 Å². The molecule has 1 unspecified atom stereocenters. The maximum Gasteiger partial charge on any atom is 0.477 e. The van der Waals surface area contributed by atoms with Crippen LogP contribution in [0.15, 0.2) is 24.3 Å². The first-order valence-corrected chi connectivity index (χ1v) is 7.15. The van der Waals surface area contributed by atoms with Crippen molar-refractivity contribution in [2.24, 2.45) is 0 Å². The van der Waals surface area contributed by atoms with Crippen LogP contribution in [-0.2, 0) is 9.09 Å². The van der Waals surface area contributed by atoms with Crippen molar-refractivity contribution in [2.75, 3.05) is 0 Å². The zero-order chi connectivity index (χ0) is 11.5. The summed E-state index contributed by atoms with van der Waals surface area (Å²) in [6, 6.07) is 6.62. The van der Waals surface area contributed by atoms with E-state index in [0.29, 0.717) is 5.02 Å². The molecule has 0 bridgehead atoms. The first-order valence-electron chi connectivity index (χ1n) is 4.33. The lowest BCUT2D eigenvalue weighted by Crippen LogP contribution is -2.01. The van der Waals surface area contributed by atoms with E-state index in [1.807, 2.05) is 0 Å². The molecule has 0 fully saturated rings. The predicted molar refractivity (Wildman–Crippen MR) is 61.8 cm³/mol. The summed E-state index contributed by atoms with van der Waals surface area (Å²) in [5.41, 5.74) is 0. The molecule has 0 aliphatic rings. The summed E-state index contributed by atoms with van der Waals surface area (Å²) < 4.78 is 21.6. The summed E-state index contributed by atoms with van der Waals surface area (Å²) in [4.78, 5) is 0. The fourth-order valence-corrected chi connectivity index (χ4v) is 2.78. The molecule has 0 aliphatic heterocycles. The lowest BCUT2D eigenvalue weighted by atomic mass is 10.3. The molecule has 1 rings (SSSR count). The van der Waals surface area contributed by atoms with Gasteiger partial charge in [-0.05, 0) is 26.0 Å². The van der Waals surface area contributed by atoms with Gasteiger partial charge in [-0.3, -0.25) is 4.52 Å². The minimum Gasteiger partial charge on any atom is -0.412 e. The smallest absolute Gasteiger partial charge is 0.412 e. The number of hydrogen-bond acceptors (Lipinski definition) is 3. The highest BCUT2D eigenvalue weighted by molar-refractivity contribution is 7.81. The maximum atomic E-state index is 11.6. The van der Waals surface area contributed by atoms with Gasteiger partial charge in [-0.1, -0.05) is 23.7 Å². The van der Waals surface area contributed by atoms with Crippen LogP contribution in [0.2, 0.25) is 5.02 Å². The van der Waals surface area contributed by atoms with Gasteiger partial charge in [-0.15, -0.1) is 0 Å². The molecular weight excluding hydrogens is 258 g/mol. The molecular formula is C9H11Cl2O3P. The Balaban J connectivity index is 2.78. The van der Waals surface area contributed by atoms with Crippen molar-refractivity contribution in [1.29, 1.82) is 0 Å². The fourth-order valence-electron chi connectivity index (χ4n) is 0.910. The second kappa shape index (κ2) is 5.22. The normalized spacial score (nSPS) is 15.0. The van der Waals surface area contributed by atoms with Gasteiger partial charge >= 0.3 is 6.95 Å². The van der Waals surface area contributed by atoms with Crippen LogP contribution in [0.5, 0.6) is 5.75 Å². The second-order valence-corrected chi connectivity index (χ2v) is 6.01. The standard InChI is InChI=1S/C9H11Cl2O3P/c1-7(2)13-15(11,12)14-9-6-4-3-5-8(9)10/h3-7H,1-2H3. The Bertz CT molecular complexity index is 381. The number of para-hydroxylation sites is 1. The molecule has 15 heavy (non-hydrogen) atoms. The number of rotatable bonds is 4. The zero-order valence-electron chi connectivity index (χ0n) is 8.31. The number of hydrogen-bond donors (Lipinski definition) is 0. The van der Waals surface area contributed by atoms with Gasteiger partial charge in [0.1, 0.15) is 5.75 Å². The molecule has 1 aromatic rings. The molecule has 1 atom stereocenters. The SMILES string of the molecule is CC(C)OP(=O)(Cl)Oc1ccccc1Cl. The summed E-state index contributed by atoms with van der Waals surface area (Å²) in [5, 5.41) is 0.339. The summed E-state index contributed by atoms with van der Waals surface area (Å²) in [5.74, 6) is 0.248. The Labute approximate surface area is 98.6 Å². The summed E-state index contributed by atoms with van der Waals surface area (Å²) in [6.07, 6.45) is -0.282. The monoisotopic (exact) mass is 268 g/mol. The molecule has 3 nitrogen and oxygen atoms in total. The lowest BCUT2D eigenvalue weighted by molar-refractivity contribution is 0.220. The van der Waals surface area contributed by atoms with Crippen molar-refractivity contribution in [2.45, 2.75) is 20.0 Å². The highest BCUT2D eigenvalue weighted by atomic mass is 35.7. The van der Waals surface area contributed by atoms with Crippen LogP contribution in [0.3, 0.4) is 0 Å². The van der Waals surface area contributed by atoms with Crippen LogP contribution >= 0.6 is 29.8 Å². The summed E-state index contributed by atoms with van der Waals surface area (Å²) >= 11 is 11.4. The average Bonchev–Trinajstić information content (AvgIpc) is 2.06. The Morgan fingerprint density at radius 2 is 1.93 bits per heavy atom. The molecule has 6 heteroatoms. The van der Waals surface area contributed by atoms with Crippen LogP contribution in [-0.4, -0.2) is 6.10 Å². The van der Waals surface area contributed by atoms with Crippen LogP contribution in [0.1, 0.15) is 13.8 Å². The van der Waals surface area contributed by atoms with Crippen molar-refractivity contribution in [3.05, 3.63) is 29.3 Å². The Morgan fingerprint density at radius 1 is 1.33 bits per heavy atom.